The van der Waals surface area contributed by atoms with Crippen LogP contribution < -0.4 is 5.32 Å². The molecule has 0 fully saturated rings. The van der Waals surface area contributed by atoms with Crippen molar-refractivity contribution in [3.8, 4) is 11.1 Å². The number of hydrogen-bond donors (Lipinski definition) is 3. The Kier molecular flexibility index (Phi) is 12.7. The van der Waals surface area contributed by atoms with Crippen LogP contribution in [0.2, 0.25) is 0 Å². The number of benzene rings is 2. The van der Waals surface area contributed by atoms with E-state index in [2.05, 4.69) is 126 Å². The number of carbonyl (C=O) groups excluding carboxylic acids is 2. The van der Waals surface area contributed by atoms with Crippen molar-refractivity contribution in [1.29, 1.82) is 0 Å². The van der Waals surface area contributed by atoms with Gasteiger partial charge in [-0.2, -0.15) is 0 Å². The van der Waals surface area contributed by atoms with Gasteiger partial charge in [0, 0.05) is 28.8 Å². The van der Waals surface area contributed by atoms with Crippen LogP contribution in [0.5, 0.6) is 0 Å². The lowest BCUT2D eigenvalue weighted by Crippen LogP contribution is -2.51. The number of carboxylic acid groups (broad SMARTS) is 2. The van der Waals surface area contributed by atoms with Crippen LogP contribution in [0.25, 0.3) is 11.1 Å². The van der Waals surface area contributed by atoms with Crippen LogP contribution in [0.1, 0.15) is 137 Å². The molecule has 4 aliphatic carbocycles. The van der Waals surface area contributed by atoms with E-state index in [1.807, 2.05) is 0 Å². The summed E-state index contributed by atoms with van der Waals surface area (Å²) in [6, 6.07) is 8.54. The van der Waals surface area contributed by atoms with Crippen LogP contribution in [0.15, 0.2) is 48.6 Å². The van der Waals surface area contributed by atoms with E-state index in [1.54, 1.807) is 13.8 Å². The van der Waals surface area contributed by atoms with Gasteiger partial charge >= 0.3 is 24.1 Å². The molecule has 2 amide bonds. The third kappa shape index (κ3) is 9.63. The van der Waals surface area contributed by atoms with E-state index in [0.717, 1.165) is 33.4 Å². The normalized spacial score (nSPS) is 13.4. The van der Waals surface area contributed by atoms with E-state index in [4.69, 9.17) is 14.7 Å². The first-order valence-corrected chi connectivity index (χ1v) is 17.5. The zero-order chi connectivity index (χ0) is 40.5. The molecule has 0 atom stereocenters. The second-order valence-electron chi connectivity index (χ2n) is 17.7. The second kappa shape index (κ2) is 15.2. The SMILES string of the molecule is C=C(C)C(=O)ON(CC1(OC(=O)C(=C)C)c2c(C(C)(C)C)cc(cc2C(C)(C)C)-c2cc(C(C)(C)C)c1c(C(C)(C)C)c2)C(=O)O.CCNC(=O)O. The molecule has 0 saturated carbocycles. The van der Waals surface area contributed by atoms with Crippen LogP contribution in [0.4, 0.5) is 9.59 Å². The highest BCUT2D eigenvalue weighted by molar-refractivity contribution is 5.89. The molecule has 286 valence electrons. The average molecular weight is 721 g/mol. The monoisotopic (exact) mass is 720 g/mol. The van der Waals surface area contributed by atoms with Gasteiger partial charge in [0.05, 0.1) is 0 Å². The largest absolute Gasteiger partial charge is 0.465 e. The quantitative estimate of drug-likeness (QED) is 0.152. The maximum atomic E-state index is 14.0. The Hall–Kier alpha value is -4.60. The van der Waals surface area contributed by atoms with E-state index >= 15 is 0 Å². The van der Waals surface area contributed by atoms with Gasteiger partial charge in [0.2, 0.25) is 0 Å². The highest BCUT2D eigenvalue weighted by atomic mass is 16.7. The maximum Gasteiger partial charge on any atom is 0.441 e. The first-order chi connectivity index (χ1) is 23.4. The minimum absolute atomic E-state index is 0.0268. The molecule has 2 aromatic carbocycles. The van der Waals surface area contributed by atoms with Crippen LogP contribution in [-0.2, 0) is 46.4 Å². The summed E-state index contributed by atoms with van der Waals surface area (Å²) in [5, 5.41) is 21.1. The minimum atomic E-state index is -1.79. The summed E-state index contributed by atoms with van der Waals surface area (Å²) < 4.78 is 6.80. The van der Waals surface area contributed by atoms with Gasteiger partial charge in [-0.3, -0.25) is 0 Å². The molecule has 0 aromatic heterocycles. The number of hydroxylamine groups is 2. The number of carbonyl (C=O) groups is 4. The predicted molar refractivity (Wildman–Crippen MR) is 206 cm³/mol. The van der Waals surface area contributed by atoms with Gasteiger partial charge in [0.25, 0.3) is 0 Å². The van der Waals surface area contributed by atoms with Gasteiger partial charge in [-0.15, -0.1) is 5.06 Å². The topological polar surface area (TPSA) is 142 Å². The van der Waals surface area contributed by atoms with Gasteiger partial charge in [0.15, 0.2) is 5.60 Å². The molecule has 0 aliphatic heterocycles. The molecule has 2 aromatic rings. The Morgan fingerprint density at radius 3 is 1.21 bits per heavy atom. The Morgan fingerprint density at radius 1 is 0.673 bits per heavy atom. The van der Waals surface area contributed by atoms with Gasteiger partial charge in [0.1, 0.15) is 6.54 Å². The lowest BCUT2D eigenvalue weighted by molar-refractivity contribution is -0.189. The summed E-state index contributed by atoms with van der Waals surface area (Å²) in [5.74, 6) is -1.60. The number of nitrogens with one attached hydrogen (secondary N) is 1. The Labute approximate surface area is 310 Å². The molecule has 52 heavy (non-hydrogen) atoms. The average Bonchev–Trinajstić information content (AvgIpc) is 3.09. The predicted octanol–water partition coefficient (Wildman–Crippen LogP) is 9.51. The highest BCUT2D eigenvalue weighted by Gasteiger charge is 2.53. The van der Waals surface area contributed by atoms with E-state index in [-0.39, 0.29) is 11.1 Å². The van der Waals surface area contributed by atoms with E-state index < -0.39 is 57.9 Å². The van der Waals surface area contributed by atoms with Crippen molar-refractivity contribution in [2.75, 3.05) is 13.1 Å². The molecule has 10 heteroatoms. The third-order valence-corrected chi connectivity index (χ3v) is 8.71. The lowest BCUT2D eigenvalue weighted by Gasteiger charge is -2.46. The Bertz CT molecular complexity index is 1610. The van der Waals surface area contributed by atoms with Crippen molar-refractivity contribution in [2.24, 2.45) is 0 Å². The highest BCUT2D eigenvalue weighted by Crippen LogP contribution is 2.54. The Morgan fingerprint density at radius 2 is 1.00 bits per heavy atom. The van der Waals surface area contributed by atoms with Crippen LogP contribution in [0.3, 0.4) is 0 Å². The molecule has 6 rings (SSSR count). The molecular formula is C42H60N2O8. The summed E-state index contributed by atoms with van der Waals surface area (Å²) in [6.45, 7) is 37.4. The number of rotatable bonds is 6. The first-order valence-electron chi connectivity index (χ1n) is 17.5. The van der Waals surface area contributed by atoms with Crippen molar-refractivity contribution in [3.05, 3.63) is 82.0 Å². The first kappa shape index (κ1) is 43.6. The zero-order valence-corrected chi connectivity index (χ0v) is 33.9. The molecular weight excluding hydrogens is 660 g/mol. The lowest BCUT2D eigenvalue weighted by atomic mass is 9.65. The summed E-state index contributed by atoms with van der Waals surface area (Å²) in [7, 11) is 0. The summed E-state index contributed by atoms with van der Waals surface area (Å²) in [6.07, 6.45) is -2.48. The fourth-order valence-corrected chi connectivity index (χ4v) is 6.19. The summed E-state index contributed by atoms with van der Waals surface area (Å²) in [4.78, 5) is 55.0. The fraction of sp³-hybridized carbons (Fsp3) is 0.524. The van der Waals surface area contributed by atoms with Gasteiger partial charge in [-0.05, 0) is 75.8 Å². The van der Waals surface area contributed by atoms with Crippen LogP contribution in [-0.4, -0.2) is 52.5 Å². The number of esters is 1. The second-order valence-corrected chi connectivity index (χ2v) is 17.7. The van der Waals surface area contributed by atoms with Gasteiger partial charge in [-0.1, -0.05) is 121 Å². The molecule has 0 radical (unpaired) electrons. The number of ether oxygens (including phenoxy) is 1. The minimum Gasteiger partial charge on any atom is -0.465 e. The maximum absolute atomic E-state index is 14.0. The standard InChI is InChI=1S/C39H53NO6.C3H7NO2/c1-22(2)32(41)45-39(21-40(34(43)44)46-33(42)23(3)4)30-26(35(5,6)7)17-24(18-27(30)36(8,9)10)25-19-28(37(11,12)13)31(39)29(20-25)38(14,15)16;1-2-4-3(5)6/h17-20H,1,3,21H2,2,4-16H3,(H,43,44);4H,2H2,1H3,(H,5,6). The molecule has 0 heterocycles. The van der Waals surface area contributed by atoms with Crippen LogP contribution in [0, 0.1) is 0 Å². The molecule has 0 unspecified atom stereocenters. The van der Waals surface area contributed by atoms with Crippen molar-refractivity contribution < 1.29 is 39.0 Å². The zero-order valence-electron chi connectivity index (χ0n) is 33.9. The van der Waals surface area contributed by atoms with Crippen LogP contribution >= 0.6 is 0 Å². The molecule has 10 nitrogen and oxygen atoms in total. The van der Waals surface area contributed by atoms with Gasteiger partial charge in [-0.25, -0.2) is 19.2 Å². The van der Waals surface area contributed by atoms with E-state index in [9.17, 15) is 24.3 Å². The summed E-state index contributed by atoms with van der Waals surface area (Å²) >= 11 is 0. The molecule has 4 aliphatic rings. The molecule has 0 saturated heterocycles. The van der Waals surface area contributed by atoms with Crippen molar-refractivity contribution in [2.45, 2.75) is 131 Å². The molecule has 4 bridgehead atoms. The van der Waals surface area contributed by atoms with Crippen molar-refractivity contribution in [3.63, 3.8) is 0 Å². The summed E-state index contributed by atoms with van der Waals surface area (Å²) in [5.41, 5.74) is 3.41. The third-order valence-electron chi connectivity index (χ3n) is 8.71. The Balaban J connectivity index is 0.00000143. The number of hydrogen-bond acceptors (Lipinski definition) is 6. The molecule has 3 N–H and O–H groups in total. The molecule has 0 spiro atoms. The van der Waals surface area contributed by atoms with Crippen molar-refractivity contribution >= 4 is 24.1 Å². The smallest absolute Gasteiger partial charge is 0.441 e. The number of nitrogens with zero attached hydrogens (tertiary/aromatic N) is 1. The van der Waals surface area contributed by atoms with Gasteiger partial charge < -0.3 is 25.1 Å². The fourth-order valence-electron chi connectivity index (χ4n) is 6.19. The van der Waals surface area contributed by atoms with E-state index in [0.29, 0.717) is 22.7 Å². The van der Waals surface area contributed by atoms with E-state index in [1.165, 1.54) is 6.92 Å². The van der Waals surface area contributed by atoms with Crippen molar-refractivity contribution in [1.82, 2.24) is 10.4 Å². The number of amides is 2.